The summed E-state index contributed by atoms with van der Waals surface area (Å²) in [5.41, 5.74) is 0. The minimum atomic E-state index is -0.312. The molecule has 3 nitrogen and oxygen atoms in total. The Hall–Kier alpha value is -0.120. The summed E-state index contributed by atoms with van der Waals surface area (Å²) in [5.74, 6) is 0. The quantitative estimate of drug-likeness (QED) is 0.507. The first-order valence-electron chi connectivity index (χ1n) is 8.14. The Morgan fingerprint density at radius 3 is 1.58 bits per heavy atom. The van der Waals surface area contributed by atoms with E-state index in [1.165, 1.54) is 51.4 Å². The zero-order valence-corrected chi connectivity index (χ0v) is 13.3. The molecule has 116 valence electrons. The van der Waals surface area contributed by atoms with Gasteiger partial charge in [-0.1, -0.05) is 51.9 Å². The predicted molar refractivity (Wildman–Crippen MR) is 82.4 cm³/mol. The number of aliphatic hydroxyl groups excluding tert-OH is 2. The third-order valence-electron chi connectivity index (χ3n) is 3.37. The van der Waals surface area contributed by atoms with E-state index in [9.17, 15) is 10.2 Å². The molecule has 0 rings (SSSR count). The van der Waals surface area contributed by atoms with Crippen molar-refractivity contribution in [3.05, 3.63) is 0 Å². The number of hydrogen-bond acceptors (Lipinski definition) is 3. The Labute approximate surface area is 120 Å². The van der Waals surface area contributed by atoms with Crippen molar-refractivity contribution in [3.8, 4) is 0 Å². The van der Waals surface area contributed by atoms with Gasteiger partial charge in [-0.15, -0.1) is 0 Å². The van der Waals surface area contributed by atoms with E-state index in [4.69, 9.17) is 0 Å². The van der Waals surface area contributed by atoms with Gasteiger partial charge in [0.2, 0.25) is 0 Å². The zero-order valence-electron chi connectivity index (χ0n) is 13.3. The maximum atomic E-state index is 9.44. The highest BCUT2D eigenvalue weighted by Crippen LogP contribution is 2.09. The molecule has 0 saturated heterocycles. The minimum Gasteiger partial charge on any atom is -0.392 e. The summed E-state index contributed by atoms with van der Waals surface area (Å²) in [6.07, 6.45) is 9.93. The van der Waals surface area contributed by atoms with Crippen molar-refractivity contribution in [2.45, 2.75) is 84.3 Å². The fraction of sp³-hybridized carbons (Fsp3) is 1.00. The smallest absolute Gasteiger partial charge is 0.0639 e. The van der Waals surface area contributed by atoms with E-state index in [1.807, 2.05) is 13.8 Å². The first-order chi connectivity index (χ1) is 9.06. The largest absolute Gasteiger partial charge is 0.392 e. The van der Waals surface area contributed by atoms with E-state index < -0.39 is 0 Å². The van der Waals surface area contributed by atoms with E-state index in [0.29, 0.717) is 13.1 Å². The lowest BCUT2D eigenvalue weighted by Gasteiger charge is -2.24. The van der Waals surface area contributed by atoms with Crippen molar-refractivity contribution in [1.82, 2.24) is 4.90 Å². The molecule has 0 heterocycles. The Morgan fingerprint density at radius 1 is 0.737 bits per heavy atom. The van der Waals surface area contributed by atoms with Gasteiger partial charge in [-0.05, 0) is 26.8 Å². The molecule has 0 aliphatic heterocycles. The van der Waals surface area contributed by atoms with E-state index in [1.54, 1.807) is 0 Å². The highest BCUT2D eigenvalue weighted by atomic mass is 16.3. The average Bonchev–Trinajstić information content (AvgIpc) is 2.30. The predicted octanol–water partition coefficient (Wildman–Crippen LogP) is 3.19. The van der Waals surface area contributed by atoms with Crippen LogP contribution in [-0.4, -0.2) is 47.0 Å². The minimum absolute atomic E-state index is 0.312. The van der Waals surface area contributed by atoms with Gasteiger partial charge >= 0.3 is 0 Å². The van der Waals surface area contributed by atoms with Crippen LogP contribution in [0.25, 0.3) is 0 Å². The Balaban J connectivity index is 3.52. The molecule has 0 fully saturated rings. The molecule has 19 heavy (non-hydrogen) atoms. The van der Waals surface area contributed by atoms with Gasteiger partial charge in [0.15, 0.2) is 0 Å². The first kappa shape index (κ1) is 18.9. The van der Waals surface area contributed by atoms with Crippen molar-refractivity contribution >= 4 is 0 Å². The fourth-order valence-corrected chi connectivity index (χ4v) is 2.47. The number of unbranched alkanes of at least 4 members (excludes halogenated alkanes) is 7. The molecule has 0 unspecified atom stereocenters. The fourth-order valence-electron chi connectivity index (χ4n) is 2.47. The summed E-state index contributed by atoms with van der Waals surface area (Å²) in [4.78, 5) is 2.17. The second-order valence-electron chi connectivity index (χ2n) is 5.93. The summed E-state index contributed by atoms with van der Waals surface area (Å²) < 4.78 is 0. The van der Waals surface area contributed by atoms with Gasteiger partial charge in [-0.2, -0.15) is 0 Å². The Bertz CT molecular complexity index is 174. The standard InChI is InChI=1S/C16H35NO2/c1-4-5-6-7-8-9-10-11-12-17(13-15(2)18)14-16(3)19/h15-16,18-19H,4-14H2,1-3H3/t15-,16-/m0/s1. The molecule has 2 N–H and O–H groups in total. The van der Waals surface area contributed by atoms with Crippen LogP contribution in [-0.2, 0) is 0 Å². The molecule has 0 aromatic heterocycles. The molecule has 0 saturated carbocycles. The van der Waals surface area contributed by atoms with Gasteiger partial charge in [0.1, 0.15) is 0 Å². The number of nitrogens with zero attached hydrogens (tertiary/aromatic N) is 1. The zero-order chi connectivity index (χ0) is 14.5. The molecule has 0 aliphatic carbocycles. The number of hydrogen-bond donors (Lipinski definition) is 2. The molecule has 0 aromatic rings. The van der Waals surface area contributed by atoms with Gasteiger partial charge in [-0.3, -0.25) is 4.90 Å². The molecule has 0 aromatic carbocycles. The normalized spacial score (nSPS) is 14.8. The van der Waals surface area contributed by atoms with E-state index in [-0.39, 0.29) is 12.2 Å². The maximum absolute atomic E-state index is 9.44. The highest BCUT2D eigenvalue weighted by molar-refractivity contribution is 4.64. The van der Waals surface area contributed by atoms with Crippen LogP contribution in [0.3, 0.4) is 0 Å². The SMILES string of the molecule is CCCCCCCCCCN(C[C@H](C)O)C[C@H](C)O. The van der Waals surface area contributed by atoms with Crippen LogP contribution in [0.4, 0.5) is 0 Å². The molecule has 3 heteroatoms. The molecular weight excluding hydrogens is 238 g/mol. The summed E-state index contributed by atoms with van der Waals surface area (Å²) in [6, 6.07) is 0. The highest BCUT2D eigenvalue weighted by Gasteiger charge is 2.10. The average molecular weight is 273 g/mol. The molecule has 0 aliphatic rings. The second-order valence-corrected chi connectivity index (χ2v) is 5.93. The topological polar surface area (TPSA) is 43.7 Å². The lowest BCUT2D eigenvalue weighted by atomic mass is 10.1. The van der Waals surface area contributed by atoms with Gasteiger partial charge in [0.25, 0.3) is 0 Å². The molecule has 0 bridgehead atoms. The molecule has 2 atom stereocenters. The first-order valence-corrected chi connectivity index (χ1v) is 8.14. The van der Waals surface area contributed by atoms with Crippen molar-refractivity contribution in [2.24, 2.45) is 0 Å². The number of rotatable bonds is 13. The molecule has 0 radical (unpaired) electrons. The van der Waals surface area contributed by atoms with Crippen molar-refractivity contribution in [1.29, 1.82) is 0 Å². The van der Waals surface area contributed by atoms with Crippen molar-refractivity contribution in [3.63, 3.8) is 0 Å². The van der Waals surface area contributed by atoms with E-state index >= 15 is 0 Å². The van der Waals surface area contributed by atoms with E-state index in [0.717, 1.165) is 6.54 Å². The van der Waals surface area contributed by atoms with Crippen LogP contribution in [0.1, 0.15) is 72.1 Å². The molecule has 0 spiro atoms. The lowest BCUT2D eigenvalue weighted by molar-refractivity contribution is 0.0825. The van der Waals surface area contributed by atoms with Crippen molar-refractivity contribution in [2.75, 3.05) is 19.6 Å². The Kier molecular flexibility index (Phi) is 12.8. The monoisotopic (exact) mass is 273 g/mol. The third-order valence-corrected chi connectivity index (χ3v) is 3.37. The van der Waals surface area contributed by atoms with Gasteiger partial charge < -0.3 is 10.2 Å². The Morgan fingerprint density at radius 2 is 1.16 bits per heavy atom. The third kappa shape index (κ3) is 14.1. The second kappa shape index (κ2) is 12.9. The van der Waals surface area contributed by atoms with Gasteiger partial charge in [0, 0.05) is 13.1 Å². The van der Waals surface area contributed by atoms with Crippen LogP contribution in [0.5, 0.6) is 0 Å². The maximum Gasteiger partial charge on any atom is 0.0639 e. The van der Waals surface area contributed by atoms with Crippen LogP contribution in [0.2, 0.25) is 0 Å². The van der Waals surface area contributed by atoms with Gasteiger partial charge in [0.05, 0.1) is 12.2 Å². The number of aliphatic hydroxyl groups is 2. The summed E-state index contributed by atoms with van der Waals surface area (Å²) in [7, 11) is 0. The van der Waals surface area contributed by atoms with Crippen molar-refractivity contribution < 1.29 is 10.2 Å². The van der Waals surface area contributed by atoms with Gasteiger partial charge in [-0.25, -0.2) is 0 Å². The lowest BCUT2D eigenvalue weighted by Crippen LogP contribution is -2.36. The van der Waals surface area contributed by atoms with Crippen LogP contribution in [0, 0.1) is 0 Å². The van der Waals surface area contributed by atoms with Crippen LogP contribution in [0.15, 0.2) is 0 Å². The summed E-state index contributed by atoms with van der Waals surface area (Å²) in [6.45, 7) is 8.19. The van der Waals surface area contributed by atoms with Crippen LogP contribution >= 0.6 is 0 Å². The van der Waals surface area contributed by atoms with E-state index in [2.05, 4.69) is 11.8 Å². The summed E-state index contributed by atoms with van der Waals surface area (Å²) in [5, 5.41) is 18.9. The molecular formula is C16H35NO2. The molecule has 0 amide bonds. The van der Waals surface area contributed by atoms with Crippen LogP contribution < -0.4 is 0 Å². The summed E-state index contributed by atoms with van der Waals surface area (Å²) >= 11 is 0.